The summed E-state index contributed by atoms with van der Waals surface area (Å²) in [5.41, 5.74) is 2.37. The van der Waals surface area contributed by atoms with Gasteiger partial charge in [-0.2, -0.15) is 0 Å². The molecule has 0 bridgehead atoms. The van der Waals surface area contributed by atoms with Crippen LogP contribution in [0.1, 0.15) is 56.6 Å². The number of hydrogen-bond acceptors (Lipinski definition) is 4. The number of rotatable bonds is 12. The van der Waals surface area contributed by atoms with Crippen molar-refractivity contribution in [2.24, 2.45) is 0 Å². The topological polar surface area (TPSA) is 86.8 Å². The number of carbonyl (C=O) groups excluding carboxylic acids is 2. The number of anilines is 1. The molecule has 7 nitrogen and oxygen atoms in total. The Bertz CT molecular complexity index is 1170. The van der Waals surface area contributed by atoms with Gasteiger partial charge in [-0.3, -0.25) is 13.9 Å². The van der Waals surface area contributed by atoms with Crippen LogP contribution in [0.15, 0.2) is 48.5 Å². The van der Waals surface area contributed by atoms with Gasteiger partial charge in [-0.25, -0.2) is 8.42 Å². The van der Waals surface area contributed by atoms with Gasteiger partial charge in [0.1, 0.15) is 6.04 Å². The Kier molecular flexibility index (Phi) is 10.4. The minimum Gasteiger partial charge on any atom is -0.352 e. The zero-order chi connectivity index (χ0) is 27.0. The number of nitrogens with one attached hydrogen (secondary N) is 1. The molecule has 0 radical (unpaired) electrons. The van der Waals surface area contributed by atoms with Crippen LogP contribution in [-0.4, -0.2) is 56.6 Å². The van der Waals surface area contributed by atoms with E-state index in [9.17, 15) is 18.0 Å². The van der Waals surface area contributed by atoms with Crippen molar-refractivity contribution in [3.63, 3.8) is 0 Å². The number of halogens is 1. The summed E-state index contributed by atoms with van der Waals surface area (Å²) in [7, 11) is -3.58. The van der Waals surface area contributed by atoms with Gasteiger partial charge in [-0.1, -0.05) is 60.8 Å². The maximum atomic E-state index is 13.4. The summed E-state index contributed by atoms with van der Waals surface area (Å²) >= 11 is 6.13. The van der Waals surface area contributed by atoms with Gasteiger partial charge in [-0.15, -0.1) is 0 Å². The first-order valence-corrected chi connectivity index (χ1v) is 15.2. The van der Waals surface area contributed by atoms with Crippen LogP contribution in [0.5, 0.6) is 0 Å². The van der Waals surface area contributed by atoms with E-state index in [0.29, 0.717) is 30.1 Å². The Morgan fingerprint density at radius 1 is 1.08 bits per heavy atom. The summed E-state index contributed by atoms with van der Waals surface area (Å²) in [6.45, 7) is 4.14. The fourth-order valence-electron chi connectivity index (χ4n) is 4.80. The molecule has 0 unspecified atom stereocenters. The zero-order valence-corrected chi connectivity index (χ0v) is 23.5. The molecule has 1 saturated carbocycles. The number of sulfonamides is 1. The molecule has 37 heavy (non-hydrogen) atoms. The normalized spacial score (nSPS) is 14.8. The third kappa shape index (κ3) is 8.47. The van der Waals surface area contributed by atoms with E-state index >= 15 is 0 Å². The Balaban J connectivity index is 1.69. The second-order valence-electron chi connectivity index (χ2n) is 9.86. The van der Waals surface area contributed by atoms with E-state index in [-0.39, 0.29) is 30.8 Å². The SMILES string of the molecule is Cc1ccc(Cl)cc1N(CCCC(=O)N(CCc1ccccc1)[C@@H](C)C(=O)NC1CCCC1)S(C)(=O)=O. The monoisotopic (exact) mass is 547 g/mol. The third-order valence-corrected chi connectivity index (χ3v) is 8.36. The average Bonchev–Trinajstić information content (AvgIpc) is 3.36. The fourth-order valence-corrected chi connectivity index (χ4v) is 5.98. The Morgan fingerprint density at radius 2 is 1.76 bits per heavy atom. The average molecular weight is 548 g/mol. The standard InChI is InChI=1S/C28H38ClN3O4S/c1-21-15-16-24(29)20-26(21)32(37(3,35)36)18-9-14-27(33)31(19-17-23-10-5-4-6-11-23)22(2)28(34)30-25-12-7-8-13-25/h4-6,10-11,15-16,20,22,25H,7-9,12-14,17-19H2,1-3H3,(H,30,34)/t22-/m0/s1. The van der Waals surface area contributed by atoms with Gasteiger partial charge in [0.25, 0.3) is 0 Å². The molecule has 0 spiro atoms. The predicted octanol–water partition coefficient (Wildman–Crippen LogP) is 4.71. The molecule has 1 aliphatic carbocycles. The van der Waals surface area contributed by atoms with Crippen LogP contribution in [-0.2, 0) is 26.0 Å². The van der Waals surface area contributed by atoms with Crippen LogP contribution >= 0.6 is 11.6 Å². The number of aryl methyl sites for hydroxylation is 1. The zero-order valence-electron chi connectivity index (χ0n) is 22.0. The van der Waals surface area contributed by atoms with Crippen molar-refractivity contribution in [1.82, 2.24) is 10.2 Å². The highest BCUT2D eigenvalue weighted by Crippen LogP contribution is 2.27. The number of nitrogens with zero attached hydrogens (tertiary/aromatic N) is 2. The van der Waals surface area contributed by atoms with Crippen LogP contribution in [0, 0.1) is 6.92 Å². The maximum Gasteiger partial charge on any atom is 0.242 e. The molecule has 1 aliphatic rings. The van der Waals surface area contributed by atoms with Gasteiger partial charge in [0.2, 0.25) is 21.8 Å². The first kappa shape index (κ1) is 29.0. The summed E-state index contributed by atoms with van der Waals surface area (Å²) in [6.07, 6.45) is 6.39. The molecule has 9 heteroatoms. The minimum absolute atomic E-state index is 0.126. The van der Waals surface area contributed by atoms with Crippen molar-refractivity contribution < 1.29 is 18.0 Å². The van der Waals surface area contributed by atoms with E-state index in [0.717, 1.165) is 43.1 Å². The Labute approximate surface area is 226 Å². The number of amides is 2. The molecular formula is C28H38ClN3O4S. The van der Waals surface area contributed by atoms with Crippen LogP contribution in [0.25, 0.3) is 0 Å². The summed E-state index contributed by atoms with van der Waals surface area (Å²) in [6, 6.07) is 14.5. The molecule has 0 aromatic heterocycles. The molecule has 1 atom stereocenters. The van der Waals surface area contributed by atoms with E-state index in [1.54, 1.807) is 30.0 Å². The van der Waals surface area contributed by atoms with Crippen molar-refractivity contribution in [1.29, 1.82) is 0 Å². The van der Waals surface area contributed by atoms with E-state index in [1.165, 1.54) is 4.31 Å². The quantitative estimate of drug-likeness (QED) is 0.417. The lowest BCUT2D eigenvalue weighted by Gasteiger charge is -2.30. The third-order valence-electron chi connectivity index (χ3n) is 6.95. The van der Waals surface area contributed by atoms with Crippen molar-refractivity contribution in [2.45, 2.75) is 70.9 Å². The van der Waals surface area contributed by atoms with E-state index in [1.807, 2.05) is 37.3 Å². The van der Waals surface area contributed by atoms with E-state index in [2.05, 4.69) is 5.32 Å². The molecule has 1 N–H and O–H groups in total. The van der Waals surface area contributed by atoms with Crippen LogP contribution in [0.2, 0.25) is 5.02 Å². The lowest BCUT2D eigenvalue weighted by Crippen LogP contribution is -2.50. The predicted molar refractivity (Wildman–Crippen MR) is 149 cm³/mol. The maximum absolute atomic E-state index is 13.4. The fraction of sp³-hybridized carbons (Fsp3) is 0.500. The summed E-state index contributed by atoms with van der Waals surface area (Å²) < 4.78 is 26.4. The lowest BCUT2D eigenvalue weighted by molar-refractivity contribution is -0.140. The number of carbonyl (C=O) groups is 2. The van der Waals surface area contributed by atoms with Gasteiger partial charge < -0.3 is 10.2 Å². The molecular weight excluding hydrogens is 510 g/mol. The highest BCUT2D eigenvalue weighted by Gasteiger charge is 2.28. The van der Waals surface area contributed by atoms with Gasteiger partial charge in [0, 0.05) is 30.6 Å². The number of benzene rings is 2. The molecule has 2 aromatic rings. The van der Waals surface area contributed by atoms with E-state index in [4.69, 9.17) is 11.6 Å². The van der Waals surface area contributed by atoms with Crippen LogP contribution < -0.4 is 9.62 Å². The van der Waals surface area contributed by atoms with Crippen molar-refractivity contribution in [3.05, 3.63) is 64.7 Å². The molecule has 2 aromatic carbocycles. The van der Waals surface area contributed by atoms with Crippen molar-refractivity contribution >= 4 is 39.1 Å². The Hall–Kier alpha value is -2.58. The number of hydrogen-bond donors (Lipinski definition) is 1. The van der Waals surface area contributed by atoms with Crippen LogP contribution in [0.3, 0.4) is 0 Å². The van der Waals surface area contributed by atoms with Crippen molar-refractivity contribution in [2.75, 3.05) is 23.7 Å². The molecule has 3 rings (SSSR count). The highest BCUT2D eigenvalue weighted by atomic mass is 35.5. The molecule has 1 fully saturated rings. The van der Waals surface area contributed by atoms with Gasteiger partial charge in [-0.05, 0) is 62.8 Å². The summed E-state index contributed by atoms with van der Waals surface area (Å²) in [5.74, 6) is -0.304. The van der Waals surface area contributed by atoms with Gasteiger partial charge >= 0.3 is 0 Å². The smallest absolute Gasteiger partial charge is 0.242 e. The molecule has 0 saturated heterocycles. The van der Waals surface area contributed by atoms with Crippen LogP contribution in [0.4, 0.5) is 5.69 Å². The highest BCUT2D eigenvalue weighted by molar-refractivity contribution is 7.92. The van der Waals surface area contributed by atoms with Crippen molar-refractivity contribution in [3.8, 4) is 0 Å². The molecule has 0 heterocycles. The Morgan fingerprint density at radius 3 is 2.41 bits per heavy atom. The first-order chi connectivity index (χ1) is 17.6. The van der Waals surface area contributed by atoms with E-state index < -0.39 is 16.1 Å². The largest absolute Gasteiger partial charge is 0.352 e. The summed E-state index contributed by atoms with van der Waals surface area (Å²) in [5, 5.41) is 3.55. The molecule has 0 aliphatic heterocycles. The second-order valence-corrected chi connectivity index (χ2v) is 12.2. The van der Waals surface area contributed by atoms with Gasteiger partial charge in [0.05, 0.1) is 11.9 Å². The lowest BCUT2D eigenvalue weighted by atomic mass is 10.1. The van der Waals surface area contributed by atoms with Gasteiger partial charge in [0.15, 0.2) is 0 Å². The molecule has 2 amide bonds. The second kappa shape index (κ2) is 13.3. The summed E-state index contributed by atoms with van der Waals surface area (Å²) in [4.78, 5) is 28.0. The molecule has 202 valence electrons. The first-order valence-electron chi connectivity index (χ1n) is 12.9. The minimum atomic E-state index is -3.58.